The first-order valence-electron chi connectivity index (χ1n) is 38.3. The number of rotatable bonds is 66. The van der Waals surface area contributed by atoms with Gasteiger partial charge in [0, 0.05) is 32.1 Å². The van der Waals surface area contributed by atoms with E-state index in [1.165, 1.54) is 225 Å². The lowest BCUT2D eigenvalue weighted by atomic mass is 9.97. The fourth-order valence-corrected chi connectivity index (χ4v) is 12.2. The average molecular weight is 1230 g/mol. The summed E-state index contributed by atoms with van der Waals surface area (Å²) in [6.45, 7) is 10.9. The number of ether oxygens (including phenoxy) is 6. The first kappa shape index (κ1) is 82.3. The minimum Gasteiger partial charge on any atom is -0.463 e. The predicted octanol–water partition coefficient (Wildman–Crippen LogP) is 23.0. The molecule has 0 spiro atoms. The van der Waals surface area contributed by atoms with Crippen molar-refractivity contribution in [1.29, 1.82) is 0 Å². The zero-order chi connectivity index (χ0) is 63.1. The lowest BCUT2D eigenvalue weighted by molar-refractivity contribution is -0.301. The van der Waals surface area contributed by atoms with Gasteiger partial charge < -0.3 is 28.4 Å². The van der Waals surface area contributed by atoms with Crippen LogP contribution in [-0.2, 0) is 52.4 Å². The van der Waals surface area contributed by atoms with Crippen molar-refractivity contribution in [2.75, 3.05) is 6.61 Å². The van der Waals surface area contributed by atoms with Gasteiger partial charge in [-0.3, -0.25) is 24.0 Å². The van der Waals surface area contributed by atoms with Crippen LogP contribution >= 0.6 is 0 Å². The van der Waals surface area contributed by atoms with E-state index < -0.39 is 60.6 Å². The monoisotopic (exact) mass is 1230 g/mol. The molecule has 1 heterocycles. The first-order chi connectivity index (χ1) is 42.7. The van der Waals surface area contributed by atoms with Crippen molar-refractivity contribution >= 4 is 29.8 Å². The summed E-state index contributed by atoms with van der Waals surface area (Å²) in [5, 5.41) is 0. The third-order valence-corrected chi connectivity index (χ3v) is 18.0. The van der Waals surface area contributed by atoms with Crippen molar-refractivity contribution in [2.45, 2.75) is 451 Å². The quantitative estimate of drug-likeness (QED) is 0.0326. The lowest BCUT2D eigenvalue weighted by Crippen LogP contribution is -2.63. The summed E-state index contributed by atoms with van der Waals surface area (Å²) in [7, 11) is 0. The summed E-state index contributed by atoms with van der Waals surface area (Å²) in [4.78, 5) is 69.8. The van der Waals surface area contributed by atoms with Gasteiger partial charge >= 0.3 is 29.8 Å². The largest absolute Gasteiger partial charge is 0.463 e. The van der Waals surface area contributed by atoms with E-state index in [1.54, 1.807) is 0 Å². The fourth-order valence-electron chi connectivity index (χ4n) is 12.2. The molecule has 0 aromatic heterocycles. The number of hydrogen-bond donors (Lipinski definition) is 0. The normalized spacial score (nSPS) is 16.7. The highest BCUT2D eigenvalue weighted by molar-refractivity contribution is 5.72. The molecule has 11 heteroatoms. The van der Waals surface area contributed by atoms with Crippen LogP contribution in [0.1, 0.15) is 420 Å². The Bertz CT molecular complexity index is 1550. The van der Waals surface area contributed by atoms with E-state index in [4.69, 9.17) is 28.4 Å². The summed E-state index contributed by atoms with van der Waals surface area (Å²) >= 11 is 0. The van der Waals surface area contributed by atoms with E-state index in [-0.39, 0.29) is 38.7 Å². The number of carbonyl (C=O) groups excluding carboxylic acids is 5. The number of hydrogen-bond acceptors (Lipinski definition) is 11. The Morgan fingerprint density at radius 3 is 0.678 bits per heavy atom. The van der Waals surface area contributed by atoms with Gasteiger partial charge in [-0.2, -0.15) is 0 Å². The standard InChI is InChI=1S/C76H142O11/c1-6-11-16-21-26-31-36-41-46-51-56-61-68(77)82-66-67-73(84-69(78)62-57-52-47-42-37-32-27-22-17-12-7-2)74(85-70(79)63-58-53-48-43-38-33-28-23-18-13-8-3)75(86-71(80)64-59-54-49-44-39-34-29-24-19-14-9-4)76(83-67)87-72(81)65-60-55-50-45-40-35-30-25-20-15-10-5/h67,73-76H,6-66H2,1-5H3/t67-,73-,74+,75-,76+/m1/s1. The highest BCUT2D eigenvalue weighted by atomic mass is 16.7. The second kappa shape index (κ2) is 63.5. The minimum atomic E-state index is -1.50. The molecule has 0 saturated carbocycles. The molecule has 0 aromatic rings. The molecule has 5 atom stereocenters. The Kier molecular flexibility index (Phi) is 60.0. The molecule has 0 amide bonds. The van der Waals surface area contributed by atoms with Crippen LogP contribution in [0.3, 0.4) is 0 Å². The maximum Gasteiger partial charge on any atom is 0.308 e. The maximum atomic E-state index is 14.2. The molecule has 1 aliphatic heterocycles. The topological polar surface area (TPSA) is 141 Å². The van der Waals surface area contributed by atoms with E-state index in [0.29, 0.717) is 32.1 Å². The Hall–Kier alpha value is -2.69. The smallest absolute Gasteiger partial charge is 0.308 e. The Morgan fingerprint density at radius 1 is 0.230 bits per heavy atom. The van der Waals surface area contributed by atoms with Crippen LogP contribution in [0.5, 0.6) is 0 Å². The summed E-state index contributed by atoms with van der Waals surface area (Å²) in [6, 6.07) is 0. The van der Waals surface area contributed by atoms with Crippen LogP contribution in [0.4, 0.5) is 0 Å². The molecule has 512 valence electrons. The van der Waals surface area contributed by atoms with Gasteiger partial charge in [0.1, 0.15) is 12.7 Å². The molecular weight excluding hydrogens is 1090 g/mol. The second-order valence-electron chi connectivity index (χ2n) is 26.5. The van der Waals surface area contributed by atoms with E-state index in [2.05, 4.69) is 34.6 Å². The van der Waals surface area contributed by atoms with Gasteiger partial charge in [-0.05, 0) is 32.1 Å². The van der Waals surface area contributed by atoms with Crippen molar-refractivity contribution < 1.29 is 52.4 Å². The molecule has 1 saturated heterocycles. The van der Waals surface area contributed by atoms with Gasteiger partial charge in [0.05, 0.1) is 0 Å². The van der Waals surface area contributed by atoms with E-state index >= 15 is 0 Å². The Labute approximate surface area is 537 Å². The molecule has 87 heavy (non-hydrogen) atoms. The molecule has 0 N–H and O–H groups in total. The zero-order valence-corrected chi connectivity index (χ0v) is 58.0. The van der Waals surface area contributed by atoms with Gasteiger partial charge in [-0.1, -0.05) is 356 Å². The molecule has 0 unspecified atom stereocenters. The third-order valence-electron chi connectivity index (χ3n) is 18.0. The minimum absolute atomic E-state index is 0.120. The van der Waals surface area contributed by atoms with Crippen molar-refractivity contribution in [1.82, 2.24) is 0 Å². The van der Waals surface area contributed by atoms with Gasteiger partial charge in [0.15, 0.2) is 12.2 Å². The van der Waals surface area contributed by atoms with Crippen LogP contribution in [0, 0.1) is 0 Å². The maximum absolute atomic E-state index is 14.2. The molecule has 11 nitrogen and oxygen atoms in total. The predicted molar refractivity (Wildman–Crippen MR) is 361 cm³/mol. The number of esters is 5. The van der Waals surface area contributed by atoms with Crippen LogP contribution in [0.15, 0.2) is 0 Å². The number of unbranched alkanes of at least 4 members (excludes halogenated alkanes) is 50. The van der Waals surface area contributed by atoms with E-state index in [0.717, 1.165) is 96.3 Å². The van der Waals surface area contributed by atoms with E-state index in [9.17, 15) is 24.0 Å². The molecule has 0 bridgehead atoms. The SMILES string of the molecule is CCCCCCCCCCCCCC(=O)OC[C@H]1O[C@@H](OC(=O)CCCCCCCCCCCCC)[C@H](OC(=O)CCCCCCCCCCCCC)[C@@H](OC(=O)CCCCCCCCCCCCC)[C@@H]1OC(=O)CCCCCCCCCCCCC. The molecule has 1 rings (SSSR count). The van der Waals surface area contributed by atoms with E-state index in [1.807, 2.05) is 0 Å². The Balaban J connectivity index is 3.40. The Morgan fingerprint density at radius 2 is 0.425 bits per heavy atom. The summed E-state index contributed by atoms with van der Waals surface area (Å²) in [5.74, 6) is -2.47. The zero-order valence-electron chi connectivity index (χ0n) is 58.0. The number of carbonyl (C=O) groups is 5. The first-order valence-corrected chi connectivity index (χ1v) is 38.3. The highest BCUT2D eigenvalue weighted by Crippen LogP contribution is 2.32. The summed E-state index contributed by atoms with van der Waals surface area (Å²) < 4.78 is 37.7. The van der Waals surface area contributed by atoms with Crippen molar-refractivity contribution in [3.05, 3.63) is 0 Å². The second-order valence-corrected chi connectivity index (χ2v) is 26.5. The molecule has 1 aliphatic rings. The van der Waals surface area contributed by atoms with Crippen LogP contribution < -0.4 is 0 Å². The lowest BCUT2D eigenvalue weighted by Gasteiger charge is -2.44. The van der Waals surface area contributed by atoms with Gasteiger partial charge in [0.2, 0.25) is 12.4 Å². The summed E-state index contributed by atoms with van der Waals surface area (Å²) in [5.41, 5.74) is 0. The average Bonchev–Trinajstić information content (AvgIpc) is 1.24. The van der Waals surface area contributed by atoms with Crippen LogP contribution in [0.25, 0.3) is 0 Å². The summed E-state index contributed by atoms with van der Waals surface area (Å²) in [6.07, 6.45) is 56.6. The third kappa shape index (κ3) is 51.6. The molecule has 0 aromatic carbocycles. The fraction of sp³-hybridized carbons (Fsp3) is 0.934. The van der Waals surface area contributed by atoms with Crippen molar-refractivity contribution in [2.24, 2.45) is 0 Å². The van der Waals surface area contributed by atoms with Crippen LogP contribution in [-0.4, -0.2) is 67.2 Å². The highest BCUT2D eigenvalue weighted by Gasteiger charge is 2.54. The van der Waals surface area contributed by atoms with Gasteiger partial charge in [0.25, 0.3) is 0 Å². The van der Waals surface area contributed by atoms with Gasteiger partial charge in [-0.25, -0.2) is 0 Å². The van der Waals surface area contributed by atoms with Crippen molar-refractivity contribution in [3.8, 4) is 0 Å². The molecule has 0 radical (unpaired) electrons. The molecular formula is C76H142O11. The van der Waals surface area contributed by atoms with Crippen molar-refractivity contribution in [3.63, 3.8) is 0 Å². The molecule has 1 fully saturated rings. The molecule has 0 aliphatic carbocycles. The van der Waals surface area contributed by atoms with Crippen LogP contribution in [0.2, 0.25) is 0 Å². The van der Waals surface area contributed by atoms with Gasteiger partial charge in [-0.15, -0.1) is 0 Å².